The van der Waals surface area contributed by atoms with E-state index >= 15 is 0 Å². The molecule has 0 aliphatic heterocycles. The van der Waals surface area contributed by atoms with Crippen molar-refractivity contribution in [3.8, 4) is 0 Å². The molecule has 1 rings (SSSR count). The third kappa shape index (κ3) is 4.88. The number of hydrogen-bond donors (Lipinski definition) is 2. The standard InChI is InChI=1S/C15H25NO/c1-12(2)15(4,17)11-16-9-8-14-7-5-6-13(3)10-14/h5-7,10,12,16-17H,8-9,11H2,1-4H3. The Morgan fingerprint density at radius 1 is 1.35 bits per heavy atom. The quantitative estimate of drug-likeness (QED) is 0.743. The van der Waals surface area contributed by atoms with Crippen LogP contribution in [0.25, 0.3) is 0 Å². The highest BCUT2D eigenvalue weighted by Crippen LogP contribution is 2.14. The molecule has 0 heterocycles. The molecule has 0 saturated heterocycles. The Balaban J connectivity index is 2.29. The molecule has 1 atom stereocenters. The maximum Gasteiger partial charge on any atom is 0.0766 e. The zero-order chi connectivity index (χ0) is 12.9. The number of nitrogens with one attached hydrogen (secondary N) is 1. The van der Waals surface area contributed by atoms with Gasteiger partial charge >= 0.3 is 0 Å². The van der Waals surface area contributed by atoms with Crippen LogP contribution in [0.5, 0.6) is 0 Å². The molecule has 96 valence electrons. The highest BCUT2D eigenvalue weighted by Gasteiger charge is 2.23. The average Bonchev–Trinajstić information content (AvgIpc) is 2.24. The maximum absolute atomic E-state index is 10.1. The lowest BCUT2D eigenvalue weighted by Gasteiger charge is -2.28. The Morgan fingerprint density at radius 3 is 2.65 bits per heavy atom. The van der Waals surface area contributed by atoms with Gasteiger partial charge in [0.2, 0.25) is 0 Å². The van der Waals surface area contributed by atoms with Crippen LogP contribution in [0.4, 0.5) is 0 Å². The molecule has 1 unspecified atom stereocenters. The van der Waals surface area contributed by atoms with Crippen LogP contribution in [0.2, 0.25) is 0 Å². The van der Waals surface area contributed by atoms with Crippen LogP contribution in [-0.2, 0) is 6.42 Å². The topological polar surface area (TPSA) is 32.3 Å². The lowest BCUT2D eigenvalue weighted by atomic mass is 9.92. The summed E-state index contributed by atoms with van der Waals surface area (Å²) >= 11 is 0. The molecule has 0 aromatic heterocycles. The van der Waals surface area contributed by atoms with E-state index in [1.54, 1.807) is 0 Å². The summed E-state index contributed by atoms with van der Waals surface area (Å²) in [6.07, 6.45) is 1.01. The number of aliphatic hydroxyl groups is 1. The Morgan fingerprint density at radius 2 is 2.06 bits per heavy atom. The van der Waals surface area contributed by atoms with Crippen LogP contribution < -0.4 is 5.32 Å². The van der Waals surface area contributed by atoms with Crippen molar-refractivity contribution in [3.05, 3.63) is 35.4 Å². The van der Waals surface area contributed by atoms with Gasteiger partial charge in [0.1, 0.15) is 0 Å². The number of benzene rings is 1. The van der Waals surface area contributed by atoms with Gasteiger partial charge in [0.05, 0.1) is 5.60 Å². The van der Waals surface area contributed by atoms with Gasteiger partial charge in [0.25, 0.3) is 0 Å². The summed E-state index contributed by atoms with van der Waals surface area (Å²) < 4.78 is 0. The molecule has 1 aromatic rings. The lowest BCUT2D eigenvalue weighted by Crippen LogP contribution is -2.42. The van der Waals surface area contributed by atoms with Gasteiger partial charge in [-0.2, -0.15) is 0 Å². The van der Waals surface area contributed by atoms with Gasteiger partial charge in [0.15, 0.2) is 0 Å². The molecule has 17 heavy (non-hydrogen) atoms. The maximum atomic E-state index is 10.1. The minimum Gasteiger partial charge on any atom is -0.389 e. The van der Waals surface area contributed by atoms with Gasteiger partial charge in [-0.05, 0) is 38.3 Å². The second-order valence-corrected chi connectivity index (χ2v) is 5.43. The zero-order valence-electron chi connectivity index (χ0n) is 11.5. The molecule has 0 spiro atoms. The van der Waals surface area contributed by atoms with Crippen LogP contribution in [0, 0.1) is 12.8 Å². The fourth-order valence-corrected chi connectivity index (χ4v) is 1.65. The van der Waals surface area contributed by atoms with Gasteiger partial charge in [0, 0.05) is 6.54 Å². The summed E-state index contributed by atoms with van der Waals surface area (Å²) in [6.45, 7) is 9.64. The summed E-state index contributed by atoms with van der Waals surface area (Å²) in [5.41, 5.74) is 2.03. The van der Waals surface area contributed by atoms with Crippen molar-refractivity contribution in [3.63, 3.8) is 0 Å². The second-order valence-electron chi connectivity index (χ2n) is 5.43. The SMILES string of the molecule is Cc1cccc(CCNCC(C)(O)C(C)C)c1. The Bertz CT molecular complexity index is 345. The van der Waals surface area contributed by atoms with Gasteiger partial charge in [-0.15, -0.1) is 0 Å². The summed E-state index contributed by atoms with van der Waals surface area (Å²) in [5, 5.41) is 13.4. The minimum absolute atomic E-state index is 0.272. The minimum atomic E-state index is -0.618. The summed E-state index contributed by atoms with van der Waals surface area (Å²) in [6, 6.07) is 8.56. The molecular weight excluding hydrogens is 210 g/mol. The molecule has 0 aliphatic carbocycles. The Labute approximate surface area is 105 Å². The Hall–Kier alpha value is -0.860. The van der Waals surface area contributed by atoms with E-state index in [4.69, 9.17) is 0 Å². The molecule has 0 saturated carbocycles. The smallest absolute Gasteiger partial charge is 0.0766 e. The van der Waals surface area contributed by atoms with E-state index in [1.165, 1.54) is 11.1 Å². The van der Waals surface area contributed by atoms with E-state index in [-0.39, 0.29) is 5.92 Å². The summed E-state index contributed by atoms with van der Waals surface area (Å²) in [7, 11) is 0. The highest BCUT2D eigenvalue weighted by atomic mass is 16.3. The van der Waals surface area contributed by atoms with Crippen LogP contribution in [0.3, 0.4) is 0 Å². The van der Waals surface area contributed by atoms with Gasteiger partial charge in [-0.3, -0.25) is 0 Å². The second kappa shape index (κ2) is 6.18. The molecule has 2 nitrogen and oxygen atoms in total. The molecule has 2 N–H and O–H groups in total. The number of rotatable bonds is 6. The van der Waals surface area contributed by atoms with E-state index in [9.17, 15) is 5.11 Å². The molecule has 0 fully saturated rings. The van der Waals surface area contributed by atoms with E-state index in [2.05, 4.69) is 36.5 Å². The van der Waals surface area contributed by atoms with E-state index in [1.807, 2.05) is 20.8 Å². The average molecular weight is 235 g/mol. The van der Waals surface area contributed by atoms with Gasteiger partial charge in [-0.25, -0.2) is 0 Å². The zero-order valence-corrected chi connectivity index (χ0v) is 11.5. The van der Waals surface area contributed by atoms with Crippen LogP contribution >= 0.6 is 0 Å². The molecule has 0 bridgehead atoms. The van der Waals surface area contributed by atoms with Crippen molar-refractivity contribution in [1.82, 2.24) is 5.32 Å². The van der Waals surface area contributed by atoms with E-state index < -0.39 is 5.60 Å². The molecule has 0 radical (unpaired) electrons. The van der Waals surface area contributed by atoms with E-state index in [0.29, 0.717) is 6.54 Å². The summed E-state index contributed by atoms with van der Waals surface area (Å²) in [4.78, 5) is 0. The van der Waals surface area contributed by atoms with Gasteiger partial charge in [-0.1, -0.05) is 43.7 Å². The number of aryl methyl sites for hydroxylation is 1. The number of hydrogen-bond acceptors (Lipinski definition) is 2. The first kappa shape index (κ1) is 14.2. The Kier molecular flexibility index (Phi) is 5.16. The van der Waals surface area contributed by atoms with Crippen molar-refractivity contribution in [2.75, 3.05) is 13.1 Å². The summed E-state index contributed by atoms with van der Waals surface area (Å²) in [5.74, 6) is 0.272. The first-order valence-corrected chi connectivity index (χ1v) is 6.40. The fraction of sp³-hybridized carbons (Fsp3) is 0.600. The lowest BCUT2D eigenvalue weighted by molar-refractivity contribution is 0.0145. The van der Waals surface area contributed by atoms with Crippen LogP contribution in [0.15, 0.2) is 24.3 Å². The first-order valence-electron chi connectivity index (χ1n) is 6.40. The predicted molar refractivity (Wildman–Crippen MR) is 73.2 cm³/mol. The van der Waals surface area contributed by atoms with E-state index in [0.717, 1.165) is 13.0 Å². The third-order valence-electron chi connectivity index (χ3n) is 3.40. The van der Waals surface area contributed by atoms with Crippen LogP contribution in [-0.4, -0.2) is 23.8 Å². The molecule has 2 heteroatoms. The normalized spacial score (nSPS) is 14.9. The molecule has 1 aromatic carbocycles. The van der Waals surface area contributed by atoms with Crippen molar-refractivity contribution < 1.29 is 5.11 Å². The molecule has 0 amide bonds. The fourth-order valence-electron chi connectivity index (χ4n) is 1.65. The monoisotopic (exact) mass is 235 g/mol. The van der Waals surface area contributed by atoms with Crippen LogP contribution in [0.1, 0.15) is 31.9 Å². The first-order chi connectivity index (χ1) is 7.92. The van der Waals surface area contributed by atoms with Crippen molar-refractivity contribution in [2.24, 2.45) is 5.92 Å². The third-order valence-corrected chi connectivity index (χ3v) is 3.40. The highest BCUT2D eigenvalue weighted by molar-refractivity contribution is 5.22. The largest absolute Gasteiger partial charge is 0.389 e. The van der Waals surface area contributed by atoms with Crippen molar-refractivity contribution in [1.29, 1.82) is 0 Å². The van der Waals surface area contributed by atoms with Crippen molar-refractivity contribution in [2.45, 2.75) is 39.7 Å². The predicted octanol–water partition coefficient (Wildman–Crippen LogP) is 2.53. The molecule has 0 aliphatic rings. The van der Waals surface area contributed by atoms with Crippen molar-refractivity contribution >= 4 is 0 Å². The van der Waals surface area contributed by atoms with Gasteiger partial charge < -0.3 is 10.4 Å². The molecular formula is C15H25NO.